The Morgan fingerprint density at radius 2 is 2.15 bits per heavy atom. The molecule has 0 radical (unpaired) electrons. The van der Waals surface area contributed by atoms with E-state index >= 15 is 0 Å². The molecule has 6 heteroatoms. The highest BCUT2D eigenvalue weighted by Gasteiger charge is 2.38. The molecule has 2 heterocycles. The van der Waals surface area contributed by atoms with Crippen molar-refractivity contribution in [3.05, 3.63) is 59.0 Å². The molecule has 3 rings (SSSR count). The highest BCUT2D eigenvalue weighted by Crippen LogP contribution is 2.30. The van der Waals surface area contributed by atoms with Gasteiger partial charge in [0, 0.05) is 29.8 Å². The third kappa shape index (κ3) is 4.47. The predicted molar refractivity (Wildman–Crippen MR) is 99.8 cm³/mol. The summed E-state index contributed by atoms with van der Waals surface area (Å²) in [5, 5.41) is 6.68. The van der Waals surface area contributed by atoms with Crippen LogP contribution in [0.5, 0.6) is 0 Å². The summed E-state index contributed by atoms with van der Waals surface area (Å²) in [7, 11) is 0. The van der Waals surface area contributed by atoms with Gasteiger partial charge in [-0.1, -0.05) is 29.8 Å². The number of carbonyl (C=O) groups excluding carboxylic acids is 2. The van der Waals surface area contributed by atoms with Crippen LogP contribution in [0.4, 0.5) is 0 Å². The van der Waals surface area contributed by atoms with Crippen LogP contribution in [0.15, 0.2) is 47.1 Å². The predicted octanol–water partition coefficient (Wildman–Crippen LogP) is 3.78. The van der Waals surface area contributed by atoms with Crippen LogP contribution in [-0.4, -0.2) is 17.4 Å². The number of hydrogen-bond acceptors (Lipinski definition) is 3. The van der Waals surface area contributed by atoms with E-state index in [9.17, 15) is 9.59 Å². The molecule has 1 aliphatic rings. The molecule has 138 valence electrons. The van der Waals surface area contributed by atoms with Crippen LogP contribution in [-0.2, 0) is 16.0 Å². The molecule has 26 heavy (non-hydrogen) atoms. The molecule has 1 aromatic carbocycles. The molecule has 2 atom stereocenters. The summed E-state index contributed by atoms with van der Waals surface area (Å²) in [6.45, 7) is 1.91. The van der Waals surface area contributed by atoms with Gasteiger partial charge < -0.3 is 15.1 Å². The number of benzene rings is 1. The summed E-state index contributed by atoms with van der Waals surface area (Å²) in [6.07, 6.45) is 4.31. The van der Waals surface area contributed by atoms with Crippen LogP contribution in [0, 0.1) is 0 Å². The maximum absolute atomic E-state index is 12.4. The fourth-order valence-corrected chi connectivity index (χ4v) is 3.80. The summed E-state index contributed by atoms with van der Waals surface area (Å²) >= 11 is 6.19. The first kappa shape index (κ1) is 18.5. The molecule has 2 amide bonds. The maximum Gasteiger partial charge on any atom is 0.220 e. The van der Waals surface area contributed by atoms with Crippen molar-refractivity contribution in [3.8, 4) is 0 Å². The first-order chi connectivity index (χ1) is 12.5. The second kappa shape index (κ2) is 7.96. The number of furan rings is 1. The smallest absolute Gasteiger partial charge is 0.220 e. The van der Waals surface area contributed by atoms with Gasteiger partial charge in [-0.2, -0.15) is 0 Å². The third-order valence-electron chi connectivity index (χ3n) is 4.91. The molecule has 0 unspecified atom stereocenters. The lowest BCUT2D eigenvalue weighted by atomic mass is 9.87. The minimum atomic E-state index is -0.417. The zero-order valence-corrected chi connectivity index (χ0v) is 15.5. The van der Waals surface area contributed by atoms with E-state index in [0.717, 1.165) is 11.3 Å². The number of hydrogen-bond donors (Lipinski definition) is 2. The summed E-state index contributed by atoms with van der Waals surface area (Å²) in [5.74, 6) is 0.788. The second-order valence-electron chi connectivity index (χ2n) is 6.90. The van der Waals surface area contributed by atoms with E-state index in [4.69, 9.17) is 16.0 Å². The minimum Gasteiger partial charge on any atom is -0.469 e. The molecule has 1 aromatic heterocycles. The van der Waals surface area contributed by atoms with Crippen molar-refractivity contribution < 1.29 is 14.0 Å². The molecule has 1 aliphatic heterocycles. The van der Waals surface area contributed by atoms with E-state index in [0.29, 0.717) is 37.1 Å². The molecule has 0 spiro atoms. The Bertz CT molecular complexity index is 775. The monoisotopic (exact) mass is 374 g/mol. The lowest BCUT2D eigenvalue weighted by Gasteiger charge is -2.28. The number of nitrogens with one attached hydrogen (secondary N) is 2. The van der Waals surface area contributed by atoms with Crippen molar-refractivity contribution >= 4 is 23.4 Å². The van der Waals surface area contributed by atoms with Gasteiger partial charge in [-0.25, -0.2) is 0 Å². The largest absolute Gasteiger partial charge is 0.469 e. The van der Waals surface area contributed by atoms with Crippen LogP contribution in [0.2, 0.25) is 5.02 Å². The average molecular weight is 375 g/mol. The van der Waals surface area contributed by atoms with Gasteiger partial charge in [0.2, 0.25) is 11.8 Å². The van der Waals surface area contributed by atoms with Crippen molar-refractivity contribution in [2.24, 2.45) is 0 Å². The van der Waals surface area contributed by atoms with Crippen molar-refractivity contribution in [3.63, 3.8) is 0 Å². The Balaban J connectivity index is 1.59. The van der Waals surface area contributed by atoms with E-state index in [1.807, 2.05) is 43.3 Å². The highest BCUT2D eigenvalue weighted by molar-refractivity contribution is 6.31. The Morgan fingerprint density at radius 1 is 1.35 bits per heavy atom. The van der Waals surface area contributed by atoms with Crippen molar-refractivity contribution in [2.75, 3.05) is 0 Å². The van der Waals surface area contributed by atoms with Gasteiger partial charge in [-0.15, -0.1) is 0 Å². The van der Waals surface area contributed by atoms with E-state index in [1.54, 1.807) is 6.26 Å². The highest BCUT2D eigenvalue weighted by atomic mass is 35.5. The van der Waals surface area contributed by atoms with E-state index in [-0.39, 0.29) is 17.9 Å². The average Bonchev–Trinajstić information content (AvgIpc) is 3.24. The fourth-order valence-electron chi connectivity index (χ4n) is 3.50. The van der Waals surface area contributed by atoms with E-state index in [1.165, 1.54) is 0 Å². The number of rotatable bonds is 7. The van der Waals surface area contributed by atoms with Gasteiger partial charge in [0.25, 0.3) is 0 Å². The molecule has 0 bridgehead atoms. The third-order valence-corrected chi connectivity index (χ3v) is 5.25. The molecule has 1 fully saturated rings. The topological polar surface area (TPSA) is 71.3 Å². The van der Waals surface area contributed by atoms with Gasteiger partial charge >= 0.3 is 0 Å². The lowest BCUT2D eigenvalue weighted by Crippen LogP contribution is -2.44. The van der Waals surface area contributed by atoms with E-state index in [2.05, 4.69) is 10.6 Å². The zero-order chi connectivity index (χ0) is 18.6. The Kier molecular flexibility index (Phi) is 5.67. The fraction of sp³-hybridized carbons (Fsp3) is 0.400. The molecule has 1 saturated heterocycles. The summed E-state index contributed by atoms with van der Waals surface area (Å²) < 4.78 is 5.43. The Labute approximate surface area is 158 Å². The van der Waals surface area contributed by atoms with Gasteiger partial charge in [-0.05, 0) is 43.5 Å². The van der Waals surface area contributed by atoms with E-state index < -0.39 is 5.54 Å². The summed E-state index contributed by atoms with van der Waals surface area (Å²) in [4.78, 5) is 24.2. The number of halogens is 1. The minimum absolute atomic E-state index is 0.0291. The summed E-state index contributed by atoms with van der Waals surface area (Å²) in [6, 6.07) is 11.0. The van der Waals surface area contributed by atoms with Crippen molar-refractivity contribution in [2.45, 2.75) is 50.6 Å². The van der Waals surface area contributed by atoms with Crippen LogP contribution < -0.4 is 10.6 Å². The SMILES string of the molecule is C[C@H](NC(=O)CC[C@]1(Cc2ccco2)CCC(=O)N1)c1ccccc1Cl. The van der Waals surface area contributed by atoms with Gasteiger partial charge in [-0.3, -0.25) is 9.59 Å². The second-order valence-corrected chi connectivity index (χ2v) is 7.30. The number of amides is 2. The van der Waals surface area contributed by atoms with Crippen LogP contribution in [0.1, 0.15) is 50.0 Å². The normalized spacial score (nSPS) is 20.6. The molecule has 0 saturated carbocycles. The molecule has 5 nitrogen and oxygen atoms in total. The van der Waals surface area contributed by atoms with Crippen molar-refractivity contribution in [1.29, 1.82) is 0 Å². The zero-order valence-electron chi connectivity index (χ0n) is 14.8. The maximum atomic E-state index is 12.4. The molecule has 2 aromatic rings. The molecule has 0 aliphatic carbocycles. The Hall–Kier alpha value is -2.27. The summed E-state index contributed by atoms with van der Waals surface area (Å²) in [5.41, 5.74) is 0.474. The first-order valence-electron chi connectivity index (χ1n) is 8.85. The Morgan fingerprint density at radius 3 is 2.81 bits per heavy atom. The standard InChI is InChI=1S/C20H23ClN2O3/c1-14(16-6-2-3-7-17(16)21)22-18(24)8-10-20(11-9-19(25)23-20)13-15-5-4-12-26-15/h2-7,12,14H,8-11,13H2,1H3,(H,22,24)(H,23,25)/t14-,20+/m0/s1. The van der Waals surface area contributed by atoms with Crippen LogP contribution in [0.3, 0.4) is 0 Å². The van der Waals surface area contributed by atoms with Crippen LogP contribution in [0.25, 0.3) is 0 Å². The first-order valence-corrected chi connectivity index (χ1v) is 9.22. The lowest BCUT2D eigenvalue weighted by molar-refractivity contribution is -0.123. The quantitative estimate of drug-likeness (QED) is 0.774. The van der Waals surface area contributed by atoms with Gasteiger partial charge in [0.15, 0.2) is 0 Å². The molecule has 2 N–H and O–H groups in total. The molecular weight excluding hydrogens is 352 g/mol. The van der Waals surface area contributed by atoms with Crippen LogP contribution >= 0.6 is 11.6 Å². The van der Waals surface area contributed by atoms with Gasteiger partial charge in [0.1, 0.15) is 5.76 Å². The van der Waals surface area contributed by atoms with Crippen molar-refractivity contribution in [1.82, 2.24) is 10.6 Å². The molecular formula is C20H23ClN2O3. The van der Waals surface area contributed by atoms with Gasteiger partial charge in [0.05, 0.1) is 12.3 Å². The number of carbonyl (C=O) groups is 2.